The van der Waals surface area contributed by atoms with Crippen molar-refractivity contribution >= 4 is 24.3 Å². The number of aryl methyl sites for hydroxylation is 1. The van der Waals surface area contributed by atoms with E-state index in [9.17, 15) is 9.59 Å². The third kappa shape index (κ3) is 4.41. The number of benzene rings is 2. The molecule has 164 valence electrons. The molecule has 2 aromatic rings. The molecule has 0 radical (unpaired) electrons. The normalized spacial score (nSPS) is 22.1. The molecule has 6 nitrogen and oxygen atoms in total. The number of rotatable bonds is 6. The fourth-order valence-electron chi connectivity index (χ4n) is 4.75. The highest BCUT2D eigenvalue weighted by molar-refractivity contribution is 6.04. The van der Waals surface area contributed by atoms with Crippen molar-refractivity contribution in [3.05, 3.63) is 65.2 Å². The number of nitrogens with one attached hydrogen (secondary N) is 1. The van der Waals surface area contributed by atoms with Gasteiger partial charge in [-0.1, -0.05) is 42.5 Å². The summed E-state index contributed by atoms with van der Waals surface area (Å²) in [7, 11) is 0. The summed E-state index contributed by atoms with van der Waals surface area (Å²) in [6.45, 7) is 2.56. The number of fused-ring (bicyclic) bond motifs is 2. The standard InChI is InChI=1S/C24H27N3O3.ClH/c28-23-21-8-4-12-26(21)24(29)27(23)16-18-6-3-5-17(13-18)14-25-15-20-11-10-19-7-1-2-9-22(19)30-20;/h1-3,5-7,9,13,20-21,25H,4,8,10-12,14-16H2;1H. The Morgan fingerprint density at radius 2 is 1.87 bits per heavy atom. The molecule has 3 heterocycles. The molecule has 2 fully saturated rings. The van der Waals surface area contributed by atoms with E-state index < -0.39 is 0 Å². The van der Waals surface area contributed by atoms with Crippen LogP contribution in [-0.2, 0) is 24.3 Å². The number of carbonyl (C=O) groups excluding carboxylic acids is 2. The lowest BCUT2D eigenvalue weighted by atomic mass is 10.0. The van der Waals surface area contributed by atoms with E-state index in [1.54, 1.807) is 4.90 Å². The summed E-state index contributed by atoms with van der Waals surface area (Å²) < 4.78 is 6.09. The number of amides is 3. The van der Waals surface area contributed by atoms with Gasteiger partial charge in [0.25, 0.3) is 5.91 Å². The number of nitrogens with zero attached hydrogens (tertiary/aromatic N) is 2. The highest BCUT2D eigenvalue weighted by Gasteiger charge is 2.47. The molecule has 0 saturated carbocycles. The van der Waals surface area contributed by atoms with Crippen LogP contribution < -0.4 is 10.1 Å². The zero-order chi connectivity index (χ0) is 20.5. The maximum atomic E-state index is 12.6. The van der Waals surface area contributed by atoms with Crippen molar-refractivity contribution in [1.29, 1.82) is 0 Å². The predicted molar refractivity (Wildman–Crippen MR) is 120 cm³/mol. The van der Waals surface area contributed by atoms with E-state index in [1.807, 2.05) is 24.3 Å². The number of ether oxygens (including phenoxy) is 1. The second-order valence-electron chi connectivity index (χ2n) is 8.40. The Kier molecular flexibility index (Phi) is 6.49. The van der Waals surface area contributed by atoms with E-state index in [2.05, 4.69) is 29.6 Å². The van der Waals surface area contributed by atoms with Gasteiger partial charge in [0.05, 0.1) is 6.54 Å². The van der Waals surface area contributed by atoms with Crippen molar-refractivity contribution in [3.8, 4) is 5.75 Å². The third-order valence-electron chi connectivity index (χ3n) is 6.32. The molecule has 2 saturated heterocycles. The molecular weight excluding hydrogens is 414 g/mol. The Morgan fingerprint density at radius 3 is 2.74 bits per heavy atom. The van der Waals surface area contributed by atoms with E-state index in [1.165, 1.54) is 10.5 Å². The van der Waals surface area contributed by atoms with Gasteiger partial charge in [0, 0.05) is 19.6 Å². The van der Waals surface area contributed by atoms with E-state index in [0.29, 0.717) is 13.1 Å². The molecule has 31 heavy (non-hydrogen) atoms. The van der Waals surface area contributed by atoms with Crippen LogP contribution in [0.1, 0.15) is 36.0 Å². The number of imide groups is 1. The first kappa shape index (κ1) is 21.7. The Hall–Kier alpha value is -2.57. The minimum atomic E-state index is -0.233. The molecule has 3 amide bonds. The summed E-state index contributed by atoms with van der Waals surface area (Å²) >= 11 is 0. The maximum Gasteiger partial charge on any atom is 0.327 e. The van der Waals surface area contributed by atoms with E-state index in [4.69, 9.17) is 4.74 Å². The smallest absolute Gasteiger partial charge is 0.327 e. The molecule has 2 atom stereocenters. The lowest BCUT2D eigenvalue weighted by Crippen LogP contribution is -2.34. The summed E-state index contributed by atoms with van der Waals surface area (Å²) in [6, 6.07) is 16.0. The van der Waals surface area contributed by atoms with Crippen LogP contribution in [0.3, 0.4) is 0 Å². The van der Waals surface area contributed by atoms with Gasteiger partial charge in [-0.2, -0.15) is 0 Å². The fraction of sp³-hybridized carbons (Fsp3) is 0.417. The van der Waals surface area contributed by atoms with Crippen molar-refractivity contribution in [2.24, 2.45) is 0 Å². The Balaban J connectivity index is 0.00000231. The van der Waals surface area contributed by atoms with Gasteiger partial charge in [-0.15, -0.1) is 12.4 Å². The van der Waals surface area contributed by atoms with E-state index >= 15 is 0 Å². The largest absolute Gasteiger partial charge is 0.489 e. The fourth-order valence-corrected chi connectivity index (χ4v) is 4.75. The van der Waals surface area contributed by atoms with Crippen LogP contribution in [0.5, 0.6) is 5.75 Å². The van der Waals surface area contributed by atoms with Gasteiger partial charge >= 0.3 is 6.03 Å². The predicted octanol–water partition coefficient (Wildman–Crippen LogP) is 3.52. The zero-order valence-corrected chi connectivity index (χ0v) is 18.3. The number of hydrogen-bond acceptors (Lipinski definition) is 4. The van der Waals surface area contributed by atoms with Crippen LogP contribution in [0.4, 0.5) is 4.79 Å². The van der Waals surface area contributed by atoms with Gasteiger partial charge in [-0.25, -0.2) is 4.79 Å². The maximum absolute atomic E-state index is 12.6. The van der Waals surface area contributed by atoms with Gasteiger partial charge in [0.15, 0.2) is 0 Å². The number of urea groups is 1. The van der Waals surface area contributed by atoms with Crippen molar-refractivity contribution in [2.45, 2.75) is 50.9 Å². The SMILES string of the molecule is Cl.O=C1C2CCCN2C(=O)N1Cc1cccc(CNCC2CCc3ccccc3O2)c1. The molecule has 0 spiro atoms. The summed E-state index contributed by atoms with van der Waals surface area (Å²) in [4.78, 5) is 28.2. The van der Waals surface area contributed by atoms with Crippen molar-refractivity contribution in [2.75, 3.05) is 13.1 Å². The number of hydrogen-bond donors (Lipinski definition) is 1. The highest BCUT2D eigenvalue weighted by Crippen LogP contribution is 2.29. The molecule has 3 aliphatic rings. The monoisotopic (exact) mass is 441 g/mol. The van der Waals surface area contributed by atoms with Crippen LogP contribution in [0, 0.1) is 0 Å². The van der Waals surface area contributed by atoms with Crippen LogP contribution >= 0.6 is 12.4 Å². The van der Waals surface area contributed by atoms with Crippen LogP contribution in [-0.4, -0.2) is 47.0 Å². The molecule has 5 rings (SSSR count). The Labute approximate surface area is 189 Å². The number of halogens is 1. The van der Waals surface area contributed by atoms with Crippen molar-refractivity contribution < 1.29 is 14.3 Å². The van der Waals surface area contributed by atoms with Gasteiger partial charge < -0.3 is 15.0 Å². The van der Waals surface area contributed by atoms with Gasteiger partial charge in [-0.05, 0) is 48.4 Å². The number of para-hydroxylation sites is 1. The molecule has 0 aliphatic carbocycles. The summed E-state index contributed by atoms with van der Waals surface area (Å²) in [6.07, 6.45) is 3.96. The van der Waals surface area contributed by atoms with Gasteiger partial charge in [0.2, 0.25) is 0 Å². The second-order valence-corrected chi connectivity index (χ2v) is 8.40. The van der Waals surface area contributed by atoms with Crippen LogP contribution in [0.15, 0.2) is 48.5 Å². The minimum absolute atomic E-state index is 0. The molecule has 7 heteroatoms. The van der Waals surface area contributed by atoms with E-state index in [-0.39, 0.29) is 36.5 Å². The van der Waals surface area contributed by atoms with E-state index in [0.717, 1.165) is 55.6 Å². The third-order valence-corrected chi connectivity index (χ3v) is 6.32. The average Bonchev–Trinajstić information content (AvgIpc) is 3.34. The first-order chi connectivity index (χ1) is 14.7. The first-order valence-electron chi connectivity index (χ1n) is 10.8. The number of carbonyl (C=O) groups is 2. The zero-order valence-electron chi connectivity index (χ0n) is 17.5. The van der Waals surface area contributed by atoms with Gasteiger partial charge in [-0.3, -0.25) is 9.69 Å². The summed E-state index contributed by atoms with van der Waals surface area (Å²) in [5.41, 5.74) is 3.41. The molecule has 2 aromatic carbocycles. The Morgan fingerprint density at radius 1 is 1.03 bits per heavy atom. The van der Waals surface area contributed by atoms with Crippen LogP contribution in [0.2, 0.25) is 0 Å². The molecule has 0 bridgehead atoms. The quantitative estimate of drug-likeness (QED) is 0.697. The average molecular weight is 442 g/mol. The van der Waals surface area contributed by atoms with Crippen molar-refractivity contribution in [1.82, 2.24) is 15.1 Å². The highest BCUT2D eigenvalue weighted by atomic mass is 35.5. The summed E-state index contributed by atoms with van der Waals surface area (Å²) in [5, 5.41) is 3.49. The summed E-state index contributed by atoms with van der Waals surface area (Å²) in [5.74, 6) is 0.953. The molecule has 2 unspecified atom stereocenters. The second kappa shape index (κ2) is 9.28. The molecule has 1 N–H and O–H groups in total. The minimum Gasteiger partial charge on any atom is -0.489 e. The topological polar surface area (TPSA) is 61.9 Å². The molecule has 3 aliphatic heterocycles. The first-order valence-corrected chi connectivity index (χ1v) is 10.8. The van der Waals surface area contributed by atoms with Crippen LogP contribution in [0.25, 0.3) is 0 Å². The Bertz CT molecular complexity index is 945. The lowest BCUT2D eigenvalue weighted by Gasteiger charge is -2.26. The van der Waals surface area contributed by atoms with Crippen molar-refractivity contribution in [3.63, 3.8) is 0 Å². The molecule has 0 aromatic heterocycles. The molecular formula is C24H28ClN3O3. The van der Waals surface area contributed by atoms with Gasteiger partial charge in [0.1, 0.15) is 17.9 Å². The lowest BCUT2D eigenvalue weighted by molar-refractivity contribution is -0.128.